The lowest BCUT2D eigenvalue weighted by Crippen LogP contribution is -2.41. The molecule has 2 rings (SSSR count). The summed E-state index contributed by atoms with van der Waals surface area (Å²) in [6, 6.07) is 7.15. The van der Waals surface area contributed by atoms with Gasteiger partial charge in [-0.1, -0.05) is 45.1 Å². The summed E-state index contributed by atoms with van der Waals surface area (Å²) in [6.07, 6.45) is 0. The molecule has 23 heavy (non-hydrogen) atoms. The van der Waals surface area contributed by atoms with E-state index in [2.05, 4.69) is 42.1 Å². The number of carbonyl (C=O) groups is 2. The molecule has 0 spiro atoms. The predicted molar refractivity (Wildman–Crippen MR) is 95.3 cm³/mol. The summed E-state index contributed by atoms with van der Waals surface area (Å²) >= 11 is 5.98. The van der Waals surface area contributed by atoms with Gasteiger partial charge in [0.1, 0.15) is 0 Å². The van der Waals surface area contributed by atoms with E-state index in [1.165, 1.54) is 30.1 Å². The smallest absolute Gasteiger partial charge is 0.321 e. The van der Waals surface area contributed by atoms with Crippen molar-refractivity contribution >= 4 is 61.8 Å². The lowest BCUT2D eigenvalue weighted by atomic mass is 10.3. The molecular formula is C13H14BrN5O2S2. The van der Waals surface area contributed by atoms with Crippen molar-refractivity contribution in [3.8, 4) is 0 Å². The van der Waals surface area contributed by atoms with Crippen LogP contribution >= 0.6 is 39.0 Å². The third kappa shape index (κ3) is 5.48. The van der Waals surface area contributed by atoms with Crippen LogP contribution in [0.2, 0.25) is 0 Å². The Morgan fingerprint density at radius 3 is 2.83 bits per heavy atom. The highest BCUT2D eigenvalue weighted by molar-refractivity contribution is 9.10. The van der Waals surface area contributed by atoms with Gasteiger partial charge in [0.25, 0.3) is 0 Å². The van der Waals surface area contributed by atoms with Gasteiger partial charge in [0, 0.05) is 17.2 Å². The molecule has 0 radical (unpaired) electrons. The minimum absolute atomic E-state index is 0.383. The number of amides is 3. The van der Waals surface area contributed by atoms with Gasteiger partial charge in [-0.05, 0) is 25.1 Å². The maximum absolute atomic E-state index is 11.8. The maximum atomic E-state index is 11.8. The Bertz CT molecular complexity index is 709. The number of nitrogens with zero attached hydrogens (tertiary/aromatic N) is 2. The van der Waals surface area contributed by atoms with Crippen molar-refractivity contribution in [1.82, 2.24) is 20.8 Å². The molecule has 3 amide bonds. The van der Waals surface area contributed by atoms with E-state index in [0.29, 0.717) is 9.47 Å². The van der Waals surface area contributed by atoms with Crippen LogP contribution in [0.25, 0.3) is 0 Å². The van der Waals surface area contributed by atoms with Gasteiger partial charge >= 0.3 is 6.03 Å². The molecule has 7 nitrogen and oxygen atoms in total. The summed E-state index contributed by atoms with van der Waals surface area (Å²) in [5.41, 5.74) is 0.887. The lowest BCUT2D eigenvalue weighted by molar-refractivity contribution is -0.119. The number of rotatable bonds is 5. The molecule has 122 valence electrons. The van der Waals surface area contributed by atoms with Crippen molar-refractivity contribution in [3.05, 3.63) is 28.7 Å². The van der Waals surface area contributed by atoms with E-state index >= 15 is 0 Å². The topological polar surface area (TPSA) is 96.0 Å². The molecule has 0 saturated carbocycles. The van der Waals surface area contributed by atoms with E-state index in [-0.39, 0.29) is 5.91 Å². The summed E-state index contributed by atoms with van der Waals surface area (Å²) in [5.74, 6) is -0.383. The Hall–Kier alpha value is -1.65. The van der Waals surface area contributed by atoms with E-state index in [4.69, 9.17) is 0 Å². The van der Waals surface area contributed by atoms with E-state index in [1.807, 2.05) is 24.3 Å². The summed E-state index contributed by atoms with van der Waals surface area (Å²) in [4.78, 5) is 22.9. The molecule has 0 aliphatic carbocycles. The van der Waals surface area contributed by atoms with Crippen LogP contribution in [0.5, 0.6) is 0 Å². The van der Waals surface area contributed by atoms with Gasteiger partial charge in [-0.2, -0.15) is 0 Å². The van der Waals surface area contributed by atoms with Gasteiger partial charge in [0.05, 0.1) is 5.25 Å². The van der Waals surface area contributed by atoms with Crippen LogP contribution in [0.3, 0.4) is 0 Å². The second-order valence-electron chi connectivity index (χ2n) is 4.34. The number of aromatic nitrogens is 2. The molecule has 1 atom stereocenters. The van der Waals surface area contributed by atoms with Crippen LogP contribution in [-0.2, 0) is 4.79 Å². The second kappa shape index (κ2) is 8.27. The zero-order chi connectivity index (χ0) is 16.8. The SMILES string of the molecule is CNC(=O)NC(=O)C(C)Sc1nnc(Nc2cccc(Br)c2)s1. The molecule has 1 aromatic heterocycles. The average Bonchev–Trinajstić information content (AvgIpc) is 2.94. The number of nitrogens with one attached hydrogen (secondary N) is 3. The number of hydrogen-bond acceptors (Lipinski definition) is 7. The number of anilines is 2. The highest BCUT2D eigenvalue weighted by Crippen LogP contribution is 2.30. The Morgan fingerprint density at radius 2 is 2.13 bits per heavy atom. The number of halogens is 1. The molecule has 2 aromatic rings. The number of thioether (sulfide) groups is 1. The number of imide groups is 1. The van der Waals surface area contributed by atoms with Crippen LogP contribution in [0.15, 0.2) is 33.1 Å². The van der Waals surface area contributed by atoms with Crippen molar-refractivity contribution < 1.29 is 9.59 Å². The first-order chi connectivity index (χ1) is 11.0. The highest BCUT2D eigenvalue weighted by atomic mass is 79.9. The fourth-order valence-electron chi connectivity index (χ4n) is 1.48. The molecule has 1 heterocycles. The highest BCUT2D eigenvalue weighted by Gasteiger charge is 2.18. The van der Waals surface area contributed by atoms with Crippen molar-refractivity contribution in [1.29, 1.82) is 0 Å². The van der Waals surface area contributed by atoms with Crippen LogP contribution < -0.4 is 16.0 Å². The van der Waals surface area contributed by atoms with Gasteiger partial charge in [0.2, 0.25) is 11.0 Å². The number of urea groups is 1. The minimum Gasteiger partial charge on any atom is -0.341 e. The second-order valence-corrected chi connectivity index (χ2v) is 7.82. The van der Waals surface area contributed by atoms with E-state index < -0.39 is 11.3 Å². The third-order valence-corrected chi connectivity index (χ3v) is 5.11. The van der Waals surface area contributed by atoms with Crippen LogP contribution in [0.1, 0.15) is 6.92 Å². The zero-order valence-electron chi connectivity index (χ0n) is 12.3. The van der Waals surface area contributed by atoms with Gasteiger partial charge in [0.15, 0.2) is 4.34 Å². The van der Waals surface area contributed by atoms with Crippen molar-refractivity contribution in [2.75, 3.05) is 12.4 Å². The first-order valence-electron chi connectivity index (χ1n) is 6.53. The van der Waals surface area contributed by atoms with Crippen molar-refractivity contribution in [2.24, 2.45) is 0 Å². The van der Waals surface area contributed by atoms with E-state index in [1.54, 1.807) is 6.92 Å². The number of carbonyl (C=O) groups excluding carboxylic acids is 2. The minimum atomic E-state index is -0.531. The van der Waals surface area contributed by atoms with Gasteiger partial charge < -0.3 is 10.6 Å². The lowest BCUT2D eigenvalue weighted by Gasteiger charge is -2.08. The molecule has 10 heteroatoms. The largest absolute Gasteiger partial charge is 0.341 e. The maximum Gasteiger partial charge on any atom is 0.321 e. The number of benzene rings is 1. The first kappa shape index (κ1) is 17.7. The summed E-state index contributed by atoms with van der Waals surface area (Å²) in [6.45, 7) is 1.70. The molecule has 0 bridgehead atoms. The van der Waals surface area contributed by atoms with Crippen LogP contribution in [0, 0.1) is 0 Å². The molecular weight excluding hydrogens is 402 g/mol. The Balaban J connectivity index is 1.94. The molecule has 0 saturated heterocycles. The monoisotopic (exact) mass is 415 g/mol. The average molecular weight is 416 g/mol. The standard InChI is InChI=1S/C13H14BrN5O2S2/c1-7(10(20)17-11(21)15-2)22-13-19-18-12(23-13)16-9-5-3-4-8(14)6-9/h3-7H,1-2H3,(H,16,18)(H2,15,17,20,21). The van der Waals surface area contributed by atoms with Crippen LogP contribution in [-0.4, -0.2) is 34.4 Å². The van der Waals surface area contributed by atoms with Crippen LogP contribution in [0.4, 0.5) is 15.6 Å². The summed E-state index contributed by atoms with van der Waals surface area (Å²) in [7, 11) is 1.45. The Morgan fingerprint density at radius 1 is 1.35 bits per heavy atom. The molecule has 1 unspecified atom stereocenters. The summed E-state index contributed by atoms with van der Waals surface area (Å²) in [5, 5.41) is 15.9. The Kier molecular flexibility index (Phi) is 6.37. The fourth-order valence-corrected chi connectivity index (χ4v) is 3.79. The molecule has 0 aliphatic rings. The molecule has 3 N–H and O–H groups in total. The molecule has 1 aromatic carbocycles. The van der Waals surface area contributed by atoms with E-state index in [0.717, 1.165) is 10.2 Å². The normalized spacial score (nSPS) is 11.6. The van der Waals surface area contributed by atoms with Gasteiger partial charge in [-0.3, -0.25) is 10.1 Å². The van der Waals surface area contributed by atoms with Crippen molar-refractivity contribution in [2.45, 2.75) is 16.5 Å². The van der Waals surface area contributed by atoms with Crippen molar-refractivity contribution in [3.63, 3.8) is 0 Å². The first-order valence-corrected chi connectivity index (χ1v) is 9.02. The van der Waals surface area contributed by atoms with Gasteiger partial charge in [-0.15, -0.1) is 10.2 Å². The quantitative estimate of drug-likeness (QED) is 0.649. The van der Waals surface area contributed by atoms with Gasteiger partial charge in [-0.25, -0.2) is 4.79 Å². The third-order valence-electron chi connectivity index (χ3n) is 2.59. The van der Waals surface area contributed by atoms with E-state index in [9.17, 15) is 9.59 Å². The predicted octanol–water partition coefficient (Wildman–Crippen LogP) is 2.98. The summed E-state index contributed by atoms with van der Waals surface area (Å²) < 4.78 is 1.60. The molecule has 0 aliphatic heterocycles. The fraction of sp³-hybridized carbons (Fsp3) is 0.231. The zero-order valence-corrected chi connectivity index (χ0v) is 15.5. The number of hydrogen-bond donors (Lipinski definition) is 3. The molecule has 0 fully saturated rings. The Labute approximate surface area is 149 Å².